The highest BCUT2D eigenvalue weighted by atomic mass is 32.1. The van der Waals surface area contributed by atoms with E-state index in [2.05, 4.69) is 29.4 Å². The van der Waals surface area contributed by atoms with Crippen LogP contribution < -0.4 is 5.32 Å². The van der Waals surface area contributed by atoms with Gasteiger partial charge in [0.25, 0.3) is 0 Å². The van der Waals surface area contributed by atoms with E-state index in [1.807, 2.05) is 19.9 Å². The summed E-state index contributed by atoms with van der Waals surface area (Å²) in [6, 6.07) is 6.23. The predicted molar refractivity (Wildman–Crippen MR) is 72.5 cm³/mol. The van der Waals surface area contributed by atoms with Gasteiger partial charge in [-0.3, -0.25) is 4.79 Å². The fourth-order valence-corrected chi connectivity index (χ4v) is 2.42. The van der Waals surface area contributed by atoms with Crippen molar-refractivity contribution in [1.82, 2.24) is 4.98 Å². The molecule has 90 valence electrons. The second kappa shape index (κ2) is 4.84. The topological polar surface area (TPSA) is 42.0 Å². The van der Waals surface area contributed by atoms with Crippen molar-refractivity contribution in [2.75, 3.05) is 5.32 Å². The number of nitrogens with zero attached hydrogens (tertiary/aromatic N) is 1. The Bertz CT molecular complexity index is 545. The molecular formula is C13H16N2OS. The van der Waals surface area contributed by atoms with Gasteiger partial charge in [0.2, 0.25) is 5.91 Å². The SMILES string of the molecule is CCc1ccc2nc(NC(=O)C(C)C)sc2c1. The number of hydrogen-bond acceptors (Lipinski definition) is 3. The summed E-state index contributed by atoms with van der Waals surface area (Å²) in [6.07, 6.45) is 1.02. The van der Waals surface area contributed by atoms with Crippen molar-refractivity contribution in [3.63, 3.8) is 0 Å². The lowest BCUT2D eigenvalue weighted by atomic mass is 10.2. The molecule has 0 spiro atoms. The minimum Gasteiger partial charge on any atom is -0.302 e. The van der Waals surface area contributed by atoms with Crippen LogP contribution in [0.5, 0.6) is 0 Å². The number of carbonyl (C=O) groups is 1. The van der Waals surface area contributed by atoms with Gasteiger partial charge in [-0.1, -0.05) is 38.2 Å². The van der Waals surface area contributed by atoms with Crippen molar-refractivity contribution in [2.24, 2.45) is 5.92 Å². The molecule has 0 aliphatic carbocycles. The number of benzene rings is 1. The third-order valence-electron chi connectivity index (χ3n) is 2.62. The molecule has 17 heavy (non-hydrogen) atoms. The number of aryl methyl sites for hydroxylation is 1. The molecule has 1 amide bonds. The first-order valence-corrected chi connectivity index (χ1v) is 6.62. The second-order valence-corrected chi connectivity index (χ2v) is 5.35. The van der Waals surface area contributed by atoms with Gasteiger partial charge in [0.15, 0.2) is 5.13 Å². The van der Waals surface area contributed by atoms with E-state index in [1.54, 1.807) is 0 Å². The third-order valence-corrected chi connectivity index (χ3v) is 3.55. The number of amides is 1. The highest BCUT2D eigenvalue weighted by molar-refractivity contribution is 7.22. The first kappa shape index (κ1) is 12.0. The molecule has 1 heterocycles. The lowest BCUT2D eigenvalue weighted by Crippen LogP contribution is -2.17. The minimum atomic E-state index is -0.0202. The van der Waals surface area contributed by atoms with Gasteiger partial charge in [0.05, 0.1) is 10.2 Å². The van der Waals surface area contributed by atoms with E-state index < -0.39 is 0 Å². The van der Waals surface area contributed by atoms with Gasteiger partial charge < -0.3 is 5.32 Å². The lowest BCUT2D eigenvalue weighted by molar-refractivity contribution is -0.118. The molecular weight excluding hydrogens is 232 g/mol. The zero-order valence-corrected chi connectivity index (χ0v) is 11.1. The van der Waals surface area contributed by atoms with Crippen LogP contribution in [0.1, 0.15) is 26.3 Å². The van der Waals surface area contributed by atoms with Crippen molar-refractivity contribution in [3.05, 3.63) is 23.8 Å². The highest BCUT2D eigenvalue weighted by Crippen LogP contribution is 2.27. The van der Waals surface area contributed by atoms with Gasteiger partial charge in [-0.05, 0) is 24.1 Å². The fourth-order valence-electron chi connectivity index (χ4n) is 1.49. The summed E-state index contributed by atoms with van der Waals surface area (Å²) in [5, 5.41) is 3.52. The van der Waals surface area contributed by atoms with Gasteiger partial charge >= 0.3 is 0 Å². The Morgan fingerprint density at radius 2 is 2.24 bits per heavy atom. The largest absolute Gasteiger partial charge is 0.302 e. The number of carbonyl (C=O) groups excluding carboxylic acids is 1. The smallest absolute Gasteiger partial charge is 0.228 e. The van der Waals surface area contributed by atoms with Crippen molar-refractivity contribution in [3.8, 4) is 0 Å². The van der Waals surface area contributed by atoms with Gasteiger partial charge in [-0.2, -0.15) is 0 Å². The summed E-state index contributed by atoms with van der Waals surface area (Å²) in [5.41, 5.74) is 2.24. The third kappa shape index (κ3) is 2.64. The Morgan fingerprint density at radius 1 is 1.47 bits per heavy atom. The summed E-state index contributed by atoms with van der Waals surface area (Å²) in [4.78, 5) is 16.0. The van der Waals surface area contributed by atoms with Crippen LogP contribution in [0.15, 0.2) is 18.2 Å². The first-order valence-electron chi connectivity index (χ1n) is 5.80. The highest BCUT2D eigenvalue weighted by Gasteiger charge is 2.10. The van der Waals surface area contributed by atoms with Crippen molar-refractivity contribution < 1.29 is 4.79 Å². The van der Waals surface area contributed by atoms with Crippen LogP contribution in [-0.2, 0) is 11.2 Å². The molecule has 0 saturated carbocycles. The van der Waals surface area contributed by atoms with Crippen LogP contribution in [-0.4, -0.2) is 10.9 Å². The Labute approximate surface area is 105 Å². The predicted octanol–water partition coefficient (Wildman–Crippen LogP) is 3.45. The van der Waals surface area contributed by atoms with Crippen LogP contribution in [0.2, 0.25) is 0 Å². The lowest BCUT2D eigenvalue weighted by Gasteiger charge is -2.02. The molecule has 1 N–H and O–H groups in total. The molecule has 0 atom stereocenters. The first-order chi connectivity index (χ1) is 8.10. The van der Waals surface area contributed by atoms with Gasteiger partial charge in [0.1, 0.15) is 0 Å². The number of fused-ring (bicyclic) bond motifs is 1. The molecule has 4 heteroatoms. The molecule has 0 aliphatic rings. The van der Waals surface area contributed by atoms with Crippen LogP contribution in [0.3, 0.4) is 0 Å². The second-order valence-electron chi connectivity index (χ2n) is 4.32. The quantitative estimate of drug-likeness (QED) is 0.904. The maximum Gasteiger partial charge on any atom is 0.228 e. The molecule has 1 aromatic heterocycles. The summed E-state index contributed by atoms with van der Waals surface area (Å²) in [5.74, 6) is -0.00649. The Kier molecular flexibility index (Phi) is 3.43. The van der Waals surface area contributed by atoms with Gasteiger partial charge in [-0.25, -0.2) is 4.98 Å². The molecule has 2 rings (SSSR count). The van der Waals surface area contributed by atoms with Gasteiger partial charge in [0, 0.05) is 5.92 Å². The molecule has 0 unspecified atom stereocenters. The monoisotopic (exact) mass is 248 g/mol. The summed E-state index contributed by atoms with van der Waals surface area (Å²) >= 11 is 1.53. The van der Waals surface area contributed by atoms with Crippen LogP contribution in [0.25, 0.3) is 10.2 Å². The number of anilines is 1. The maximum absolute atomic E-state index is 11.6. The molecule has 0 saturated heterocycles. The van der Waals surface area contributed by atoms with E-state index in [9.17, 15) is 4.79 Å². The molecule has 0 fully saturated rings. The van der Waals surface area contributed by atoms with Crippen molar-refractivity contribution in [2.45, 2.75) is 27.2 Å². The number of thiazole rings is 1. The number of aromatic nitrogens is 1. The van der Waals surface area contributed by atoms with Crippen LogP contribution in [0.4, 0.5) is 5.13 Å². The number of nitrogens with one attached hydrogen (secondary N) is 1. The van der Waals surface area contributed by atoms with E-state index in [4.69, 9.17) is 0 Å². The van der Waals surface area contributed by atoms with Crippen molar-refractivity contribution >= 4 is 32.6 Å². The zero-order valence-electron chi connectivity index (χ0n) is 10.3. The zero-order chi connectivity index (χ0) is 12.4. The summed E-state index contributed by atoms with van der Waals surface area (Å²) < 4.78 is 1.13. The normalized spacial score (nSPS) is 11.1. The minimum absolute atomic E-state index is 0.0137. The van der Waals surface area contributed by atoms with E-state index in [-0.39, 0.29) is 11.8 Å². The number of rotatable bonds is 3. The fraction of sp³-hybridized carbons (Fsp3) is 0.385. The molecule has 3 nitrogen and oxygen atoms in total. The molecule has 0 radical (unpaired) electrons. The van der Waals surface area contributed by atoms with E-state index >= 15 is 0 Å². The summed E-state index contributed by atoms with van der Waals surface area (Å²) in [6.45, 7) is 5.87. The van der Waals surface area contributed by atoms with Crippen molar-refractivity contribution in [1.29, 1.82) is 0 Å². The van der Waals surface area contributed by atoms with E-state index in [0.29, 0.717) is 5.13 Å². The average molecular weight is 248 g/mol. The Balaban J connectivity index is 2.28. The van der Waals surface area contributed by atoms with Gasteiger partial charge in [-0.15, -0.1) is 0 Å². The summed E-state index contributed by atoms with van der Waals surface area (Å²) in [7, 11) is 0. The standard InChI is InChI=1S/C13H16N2OS/c1-4-9-5-6-10-11(7-9)17-13(14-10)15-12(16)8(2)3/h5-8H,4H2,1-3H3,(H,14,15,16). The molecule has 0 aliphatic heterocycles. The average Bonchev–Trinajstić information content (AvgIpc) is 2.69. The van der Waals surface area contributed by atoms with E-state index in [0.717, 1.165) is 16.6 Å². The van der Waals surface area contributed by atoms with Crippen LogP contribution in [0, 0.1) is 5.92 Å². The maximum atomic E-state index is 11.6. The Hall–Kier alpha value is -1.42. The molecule has 2 aromatic rings. The Morgan fingerprint density at radius 3 is 2.88 bits per heavy atom. The van der Waals surface area contributed by atoms with E-state index in [1.165, 1.54) is 16.9 Å². The molecule has 0 bridgehead atoms. The van der Waals surface area contributed by atoms with Crippen LogP contribution >= 0.6 is 11.3 Å². The number of hydrogen-bond donors (Lipinski definition) is 1. The molecule has 1 aromatic carbocycles.